The Labute approximate surface area is 160 Å². The van der Waals surface area contributed by atoms with Crippen LogP contribution in [0.2, 0.25) is 0 Å². The monoisotopic (exact) mass is 365 g/mol. The molecule has 1 amide bonds. The average molecular weight is 365 g/mol. The van der Waals surface area contributed by atoms with Gasteiger partial charge in [-0.05, 0) is 55.8 Å². The third-order valence-corrected chi connectivity index (χ3v) is 6.13. The lowest BCUT2D eigenvalue weighted by Crippen LogP contribution is -2.53. The van der Waals surface area contributed by atoms with Crippen LogP contribution in [0.3, 0.4) is 0 Å². The molecule has 0 radical (unpaired) electrons. The third-order valence-electron chi connectivity index (χ3n) is 6.13. The van der Waals surface area contributed by atoms with E-state index in [2.05, 4.69) is 30.8 Å². The Morgan fingerprint density at radius 3 is 2.52 bits per heavy atom. The van der Waals surface area contributed by atoms with Crippen molar-refractivity contribution in [3.63, 3.8) is 0 Å². The van der Waals surface area contributed by atoms with E-state index < -0.39 is 0 Å². The molecule has 2 aliphatic rings. The van der Waals surface area contributed by atoms with Gasteiger partial charge in [0.05, 0.1) is 0 Å². The maximum Gasteiger partial charge on any atom is 0.222 e. The zero-order valence-electron chi connectivity index (χ0n) is 15.8. The minimum atomic E-state index is 0.255. The molecule has 2 aromatic heterocycles. The average Bonchev–Trinajstić information content (AvgIpc) is 3.10. The predicted molar refractivity (Wildman–Crippen MR) is 103 cm³/mol. The summed E-state index contributed by atoms with van der Waals surface area (Å²) >= 11 is 0. The maximum atomic E-state index is 12.6. The summed E-state index contributed by atoms with van der Waals surface area (Å²) in [7, 11) is 0. The Bertz CT molecular complexity index is 744. The van der Waals surface area contributed by atoms with Crippen molar-refractivity contribution in [2.24, 2.45) is 0 Å². The van der Waals surface area contributed by atoms with Crippen LogP contribution in [0.5, 0.6) is 0 Å². The van der Waals surface area contributed by atoms with Gasteiger partial charge in [-0.3, -0.25) is 14.7 Å². The van der Waals surface area contributed by atoms with E-state index in [1.165, 1.54) is 24.7 Å². The molecule has 6 nitrogen and oxygen atoms in total. The molecule has 0 bridgehead atoms. The first-order valence-electron chi connectivity index (χ1n) is 9.91. The lowest BCUT2D eigenvalue weighted by Gasteiger charge is -2.45. The first kappa shape index (κ1) is 18.0. The van der Waals surface area contributed by atoms with Gasteiger partial charge in [-0.1, -0.05) is 6.07 Å². The number of aryl methyl sites for hydroxylation is 1. The summed E-state index contributed by atoms with van der Waals surface area (Å²) < 4.78 is 0. The van der Waals surface area contributed by atoms with E-state index in [-0.39, 0.29) is 11.4 Å². The maximum absolute atomic E-state index is 12.6. The van der Waals surface area contributed by atoms with Crippen molar-refractivity contribution in [1.29, 1.82) is 0 Å². The van der Waals surface area contributed by atoms with Crippen molar-refractivity contribution in [2.75, 3.05) is 19.6 Å². The third kappa shape index (κ3) is 4.16. The Kier molecular flexibility index (Phi) is 5.43. The molecule has 2 aliphatic heterocycles. The lowest BCUT2D eigenvalue weighted by molar-refractivity contribution is -0.133. The van der Waals surface area contributed by atoms with Crippen molar-refractivity contribution in [1.82, 2.24) is 24.8 Å². The summed E-state index contributed by atoms with van der Waals surface area (Å²) in [5.41, 5.74) is 2.57. The summed E-state index contributed by atoms with van der Waals surface area (Å²) in [5, 5.41) is 0. The zero-order valence-corrected chi connectivity index (χ0v) is 15.8. The molecule has 27 heavy (non-hydrogen) atoms. The molecular weight excluding hydrogens is 338 g/mol. The molecule has 0 unspecified atom stereocenters. The SMILES string of the molecule is O=C(CCc1cncnc1)N1CCC2(CCCN2Cc2cccnc2)CC1. The van der Waals surface area contributed by atoms with Crippen LogP contribution in [0.25, 0.3) is 0 Å². The number of rotatable bonds is 5. The number of carbonyl (C=O) groups is 1. The molecule has 0 aliphatic carbocycles. The fourth-order valence-corrected chi connectivity index (χ4v) is 4.56. The Morgan fingerprint density at radius 1 is 1.00 bits per heavy atom. The number of hydrogen-bond acceptors (Lipinski definition) is 5. The highest BCUT2D eigenvalue weighted by molar-refractivity contribution is 5.76. The summed E-state index contributed by atoms with van der Waals surface area (Å²) in [6, 6.07) is 4.17. The molecule has 4 rings (SSSR count). The van der Waals surface area contributed by atoms with E-state index in [9.17, 15) is 4.79 Å². The smallest absolute Gasteiger partial charge is 0.222 e. The number of piperidine rings is 1. The molecule has 2 aromatic rings. The molecule has 142 valence electrons. The van der Waals surface area contributed by atoms with Crippen molar-refractivity contribution in [3.05, 3.63) is 54.4 Å². The van der Waals surface area contributed by atoms with Gasteiger partial charge in [0.2, 0.25) is 5.91 Å². The normalized spacial score (nSPS) is 19.5. The van der Waals surface area contributed by atoms with E-state index in [1.807, 2.05) is 18.5 Å². The standard InChI is InChI=1S/C21H27N5O/c27-20(5-4-18-13-23-17-24-14-18)25-11-7-21(8-12-25)6-2-10-26(21)16-19-3-1-9-22-15-19/h1,3,9,13-15,17H,2,4-8,10-12,16H2. The summed E-state index contributed by atoms with van der Waals surface area (Å²) in [5.74, 6) is 0.255. The van der Waals surface area contributed by atoms with Gasteiger partial charge in [-0.25, -0.2) is 9.97 Å². The van der Waals surface area contributed by atoms with Crippen molar-refractivity contribution < 1.29 is 4.79 Å². The Morgan fingerprint density at radius 2 is 1.78 bits per heavy atom. The van der Waals surface area contributed by atoms with Gasteiger partial charge >= 0.3 is 0 Å². The van der Waals surface area contributed by atoms with Gasteiger partial charge in [-0.2, -0.15) is 0 Å². The topological polar surface area (TPSA) is 62.2 Å². The van der Waals surface area contributed by atoms with E-state index >= 15 is 0 Å². The molecule has 2 fully saturated rings. The van der Waals surface area contributed by atoms with Crippen molar-refractivity contribution >= 4 is 5.91 Å². The number of nitrogens with zero attached hydrogens (tertiary/aromatic N) is 5. The molecule has 0 aromatic carbocycles. The predicted octanol–water partition coefficient (Wildman–Crippen LogP) is 2.46. The minimum Gasteiger partial charge on any atom is -0.343 e. The number of likely N-dealkylation sites (tertiary alicyclic amines) is 2. The quantitative estimate of drug-likeness (QED) is 0.814. The number of amides is 1. The van der Waals surface area contributed by atoms with E-state index in [0.717, 1.165) is 44.6 Å². The van der Waals surface area contributed by atoms with Crippen LogP contribution in [-0.4, -0.2) is 55.8 Å². The summed E-state index contributed by atoms with van der Waals surface area (Å²) in [6.07, 6.45) is 14.8. The largest absolute Gasteiger partial charge is 0.343 e. The second-order valence-electron chi connectivity index (χ2n) is 7.74. The van der Waals surface area contributed by atoms with E-state index in [1.54, 1.807) is 12.4 Å². The number of aromatic nitrogens is 3. The highest BCUT2D eigenvalue weighted by atomic mass is 16.2. The molecule has 2 saturated heterocycles. The van der Waals surface area contributed by atoms with Crippen LogP contribution in [0.15, 0.2) is 43.2 Å². The Hall–Kier alpha value is -2.34. The van der Waals surface area contributed by atoms with Gasteiger partial charge < -0.3 is 4.90 Å². The van der Waals surface area contributed by atoms with E-state index in [4.69, 9.17) is 0 Å². The van der Waals surface area contributed by atoms with Crippen molar-refractivity contribution in [2.45, 2.75) is 50.6 Å². The molecule has 0 atom stereocenters. The van der Waals surface area contributed by atoms with Gasteiger partial charge in [0, 0.05) is 56.4 Å². The summed E-state index contributed by atoms with van der Waals surface area (Å²) in [6.45, 7) is 3.86. The van der Waals surface area contributed by atoms with Gasteiger partial charge in [0.15, 0.2) is 0 Å². The van der Waals surface area contributed by atoms with Crippen LogP contribution < -0.4 is 0 Å². The van der Waals surface area contributed by atoms with Crippen molar-refractivity contribution in [3.8, 4) is 0 Å². The molecule has 0 N–H and O–H groups in total. The summed E-state index contributed by atoms with van der Waals surface area (Å²) in [4.78, 5) is 29.6. The van der Waals surface area contributed by atoms with Crippen LogP contribution in [-0.2, 0) is 17.8 Å². The van der Waals surface area contributed by atoms with Gasteiger partial charge in [0.1, 0.15) is 6.33 Å². The Balaban J connectivity index is 1.31. The second kappa shape index (κ2) is 8.13. The van der Waals surface area contributed by atoms with E-state index in [0.29, 0.717) is 12.8 Å². The second-order valence-corrected chi connectivity index (χ2v) is 7.74. The number of pyridine rings is 1. The van der Waals surface area contributed by atoms with Crippen LogP contribution in [0.1, 0.15) is 43.2 Å². The van der Waals surface area contributed by atoms with Crippen LogP contribution in [0.4, 0.5) is 0 Å². The first-order chi connectivity index (χ1) is 13.3. The number of hydrogen-bond donors (Lipinski definition) is 0. The molecular formula is C21H27N5O. The van der Waals surface area contributed by atoms with Crippen LogP contribution >= 0.6 is 0 Å². The highest BCUT2D eigenvalue weighted by Gasteiger charge is 2.43. The number of carbonyl (C=O) groups excluding carboxylic acids is 1. The first-order valence-corrected chi connectivity index (χ1v) is 9.91. The molecule has 0 saturated carbocycles. The minimum absolute atomic E-state index is 0.255. The fourth-order valence-electron chi connectivity index (χ4n) is 4.56. The fraction of sp³-hybridized carbons (Fsp3) is 0.524. The molecule has 4 heterocycles. The lowest BCUT2D eigenvalue weighted by atomic mass is 9.84. The highest BCUT2D eigenvalue weighted by Crippen LogP contribution is 2.39. The van der Waals surface area contributed by atoms with Crippen LogP contribution in [0, 0.1) is 0 Å². The molecule has 6 heteroatoms. The van der Waals surface area contributed by atoms with Gasteiger partial charge in [-0.15, -0.1) is 0 Å². The zero-order chi connectivity index (χ0) is 18.5. The molecule has 1 spiro atoms. The van der Waals surface area contributed by atoms with Gasteiger partial charge in [0.25, 0.3) is 0 Å².